The number of nitrogens with two attached hydrogens (primary N) is 1. The Morgan fingerprint density at radius 1 is 1.26 bits per heavy atom. The van der Waals surface area contributed by atoms with Gasteiger partial charge in [0.05, 0.1) is 16.6 Å². The summed E-state index contributed by atoms with van der Waals surface area (Å²) >= 11 is 11.8. The number of rotatable bonds is 5. The lowest BCUT2D eigenvalue weighted by atomic mass is 10.2. The predicted molar refractivity (Wildman–Crippen MR) is 90.4 cm³/mol. The highest BCUT2D eigenvalue weighted by Crippen LogP contribution is 2.25. The van der Waals surface area contributed by atoms with Crippen LogP contribution >= 0.6 is 23.2 Å². The lowest BCUT2D eigenvalue weighted by Gasteiger charge is -2.22. The Morgan fingerprint density at radius 3 is 2.43 bits per heavy atom. The van der Waals surface area contributed by atoms with Gasteiger partial charge in [0.1, 0.15) is 11.6 Å². The number of alkyl carbamates (subject to hydrolysis) is 1. The van der Waals surface area contributed by atoms with Crippen molar-refractivity contribution in [2.45, 2.75) is 32.4 Å². The molecule has 5 N–H and O–H groups in total. The predicted octanol–water partition coefficient (Wildman–Crippen LogP) is 2.29. The van der Waals surface area contributed by atoms with E-state index in [1.165, 1.54) is 0 Å². The molecular weight excluding hydrogens is 343 g/mol. The standard InChI is InChI=1S/C14H20Cl2N4O3/c1-14(2,3)23-13(22)18-7-11(12(21)20-17)19-8-4-5-9(15)10(16)6-8/h4-6,11,19H,7,17H2,1-3H3,(H,18,22)(H,20,21)/t11-/m0/s1. The number of amides is 2. The average Bonchev–Trinajstić information content (AvgIpc) is 2.44. The van der Waals surface area contributed by atoms with Crippen LogP contribution in [-0.4, -0.2) is 30.2 Å². The van der Waals surface area contributed by atoms with Gasteiger partial charge in [-0.15, -0.1) is 0 Å². The summed E-state index contributed by atoms with van der Waals surface area (Å²) in [5.74, 6) is 4.65. The number of carbonyl (C=O) groups excluding carboxylic acids is 2. The molecule has 0 saturated heterocycles. The monoisotopic (exact) mass is 362 g/mol. The normalized spacial score (nSPS) is 12.3. The molecule has 1 atom stereocenters. The van der Waals surface area contributed by atoms with Gasteiger partial charge in [0, 0.05) is 5.69 Å². The van der Waals surface area contributed by atoms with Crippen molar-refractivity contribution in [3.63, 3.8) is 0 Å². The Morgan fingerprint density at radius 2 is 1.91 bits per heavy atom. The Labute approximate surface area is 144 Å². The molecule has 0 heterocycles. The van der Waals surface area contributed by atoms with Crippen LogP contribution in [0.1, 0.15) is 20.8 Å². The number of halogens is 2. The second kappa shape index (κ2) is 8.24. The molecule has 0 aromatic heterocycles. The molecule has 128 valence electrons. The van der Waals surface area contributed by atoms with Gasteiger partial charge in [-0.1, -0.05) is 23.2 Å². The van der Waals surface area contributed by atoms with Gasteiger partial charge in [-0.2, -0.15) is 0 Å². The number of nitrogens with one attached hydrogen (secondary N) is 3. The van der Waals surface area contributed by atoms with E-state index in [4.69, 9.17) is 33.8 Å². The van der Waals surface area contributed by atoms with Crippen LogP contribution in [0.2, 0.25) is 10.0 Å². The smallest absolute Gasteiger partial charge is 0.407 e. The fourth-order valence-electron chi connectivity index (χ4n) is 1.60. The van der Waals surface area contributed by atoms with Crippen molar-refractivity contribution < 1.29 is 14.3 Å². The van der Waals surface area contributed by atoms with E-state index in [0.29, 0.717) is 15.7 Å². The second-order valence-electron chi connectivity index (χ2n) is 5.72. The molecule has 0 saturated carbocycles. The highest BCUT2D eigenvalue weighted by molar-refractivity contribution is 6.42. The molecule has 0 radical (unpaired) electrons. The zero-order valence-electron chi connectivity index (χ0n) is 13.1. The van der Waals surface area contributed by atoms with E-state index in [1.807, 2.05) is 5.43 Å². The minimum absolute atomic E-state index is 0.0296. The molecule has 0 spiro atoms. The van der Waals surface area contributed by atoms with Crippen LogP contribution in [0.3, 0.4) is 0 Å². The maximum atomic E-state index is 11.8. The van der Waals surface area contributed by atoms with Gasteiger partial charge in [-0.25, -0.2) is 10.6 Å². The second-order valence-corrected chi connectivity index (χ2v) is 6.53. The Balaban J connectivity index is 2.71. The summed E-state index contributed by atoms with van der Waals surface area (Å²) in [6, 6.07) is 3.99. The molecule has 1 rings (SSSR count). The highest BCUT2D eigenvalue weighted by Gasteiger charge is 2.21. The summed E-state index contributed by atoms with van der Waals surface area (Å²) in [5.41, 5.74) is 1.95. The summed E-state index contributed by atoms with van der Waals surface area (Å²) in [5, 5.41) is 6.14. The van der Waals surface area contributed by atoms with Gasteiger partial charge in [0.25, 0.3) is 5.91 Å². The average molecular weight is 363 g/mol. The molecule has 0 aliphatic carbocycles. The van der Waals surface area contributed by atoms with Gasteiger partial charge in [-0.05, 0) is 39.0 Å². The number of benzene rings is 1. The minimum atomic E-state index is -0.815. The van der Waals surface area contributed by atoms with Gasteiger partial charge in [0.15, 0.2) is 0 Å². The molecule has 9 heteroatoms. The molecule has 0 bridgehead atoms. The summed E-state index contributed by atoms with van der Waals surface area (Å²) in [7, 11) is 0. The third-order valence-corrected chi connectivity index (χ3v) is 3.31. The van der Waals surface area contributed by atoms with Crippen LogP contribution in [0.5, 0.6) is 0 Å². The molecule has 0 fully saturated rings. The molecule has 1 aromatic carbocycles. The number of ether oxygens (including phenoxy) is 1. The summed E-state index contributed by atoms with van der Waals surface area (Å²) in [4.78, 5) is 23.5. The van der Waals surface area contributed by atoms with E-state index < -0.39 is 23.6 Å². The van der Waals surface area contributed by atoms with Crippen molar-refractivity contribution in [3.8, 4) is 0 Å². The minimum Gasteiger partial charge on any atom is -0.444 e. The Kier molecular flexibility index (Phi) is 6.93. The number of hydrogen-bond acceptors (Lipinski definition) is 5. The largest absolute Gasteiger partial charge is 0.444 e. The lowest BCUT2D eigenvalue weighted by molar-refractivity contribution is -0.121. The van der Waals surface area contributed by atoms with Crippen LogP contribution in [0, 0.1) is 0 Å². The van der Waals surface area contributed by atoms with Crippen LogP contribution in [0.4, 0.5) is 10.5 Å². The van der Waals surface area contributed by atoms with Gasteiger partial charge in [-0.3, -0.25) is 10.2 Å². The molecule has 1 aromatic rings. The maximum Gasteiger partial charge on any atom is 0.407 e. The molecule has 0 aliphatic heterocycles. The van der Waals surface area contributed by atoms with Crippen LogP contribution in [0.15, 0.2) is 18.2 Å². The summed E-state index contributed by atoms with van der Waals surface area (Å²) in [6.45, 7) is 5.19. The SMILES string of the molecule is CC(C)(C)OC(=O)NC[C@H](Nc1ccc(Cl)c(Cl)c1)C(=O)NN. The fraction of sp³-hybridized carbons (Fsp3) is 0.429. The van der Waals surface area contributed by atoms with E-state index >= 15 is 0 Å². The topological polar surface area (TPSA) is 105 Å². The maximum absolute atomic E-state index is 11.8. The van der Waals surface area contributed by atoms with Crippen LogP contribution in [-0.2, 0) is 9.53 Å². The molecule has 2 amide bonds. The third-order valence-electron chi connectivity index (χ3n) is 2.57. The lowest BCUT2D eigenvalue weighted by Crippen LogP contribution is -2.49. The number of hydrogen-bond donors (Lipinski definition) is 4. The highest BCUT2D eigenvalue weighted by atomic mass is 35.5. The molecule has 0 aliphatic rings. The third kappa shape index (κ3) is 6.94. The van der Waals surface area contributed by atoms with Crippen molar-refractivity contribution in [2.75, 3.05) is 11.9 Å². The summed E-state index contributed by atoms with van der Waals surface area (Å²) < 4.78 is 5.11. The number of hydrazine groups is 1. The number of anilines is 1. The van der Waals surface area contributed by atoms with Crippen molar-refractivity contribution in [1.29, 1.82) is 0 Å². The van der Waals surface area contributed by atoms with Crippen molar-refractivity contribution in [1.82, 2.24) is 10.7 Å². The zero-order chi connectivity index (χ0) is 17.6. The number of carbonyl (C=O) groups is 2. The quantitative estimate of drug-likeness (QED) is 0.365. The fourth-order valence-corrected chi connectivity index (χ4v) is 1.89. The van der Waals surface area contributed by atoms with Crippen molar-refractivity contribution >= 4 is 40.9 Å². The molecule has 7 nitrogen and oxygen atoms in total. The van der Waals surface area contributed by atoms with E-state index in [-0.39, 0.29) is 6.54 Å². The van der Waals surface area contributed by atoms with E-state index in [9.17, 15) is 9.59 Å². The first-order valence-electron chi connectivity index (χ1n) is 6.81. The van der Waals surface area contributed by atoms with Crippen LogP contribution in [0.25, 0.3) is 0 Å². The van der Waals surface area contributed by atoms with Crippen molar-refractivity contribution in [3.05, 3.63) is 28.2 Å². The first kappa shape index (κ1) is 19.3. The first-order chi connectivity index (χ1) is 10.6. The van der Waals surface area contributed by atoms with Gasteiger partial charge in [0.2, 0.25) is 0 Å². The van der Waals surface area contributed by atoms with Crippen LogP contribution < -0.4 is 21.9 Å². The van der Waals surface area contributed by atoms with Crippen molar-refractivity contribution in [2.24, 2.45) is 5.84 Å². The summed E-state index contributed by atoms with van der Waals surface area (Å²) in [6.07, 6.45) is -0.636. The van der Waals surface area contributed by atoms with Gasteiger partial charge < -0.3 is 15.4 Å². The van der Waals surface area contributed by atoms with E-state index in [0.717, 1.165) is 0 Å². The molecular formula is C14H20Cl2N4O3. The molecule has 0 unspecified atom stereocenters. The Hall–Kier alpha value is -1.70. The molecule has 23 heavy (non-hydrogen) atoms. The van der Waals surface area contributed by atoms with E-state index in [2.05, 4.69) is 10.6 Å². The van der Waals surface area contributed by atoms with E-state index in [1.54, 1.807) is 39.0 Å². The first-order valence-corrected chi connectivity index (χ1v) is 7.57. The Bertz CT molecular complexity index is 576. The van der Waals surface area contributed by atoms with Gasteiger partial charge >= 0.3 is 6.09 Å². The zero-order valence-corrected chi connectivity index (χ0v) is 14.6.